The van der Waals surface area contributed by atoms with Crippen LogP contribution in [0.3, 0.4) is 0 Å². The maximum Gasteiger partial charge on any atom is 0.243 e. The Balaban J connectivity index is 2.19. The van der Waals surface area contributed by atoms with E-state index in [0.29, 0.717) is 5.88 Å². The van der Waals surface area contributed by atoms with E-state index in [4.69, 9.17) is 11.6 Å². The minimum atomic E-state index is -3.50. The van der Waals surface area contributed by atoms with Crippen molar-refractivity contribution in [3.05, 3.63) is 47.8 Å². The summed E-state index contributed by atoms with van der Waals surface area (Å²) in [5, 5.41) is 4.03. The number of hydrogen-bond donors (Lipinski definition) is 0. The number of hydrogen-bond acceptors (Lipinski definition) is 3. The molecule has 0 spiro atoms. The van der Waals surface area contributed by atoms with Crippen molar-refractivity contribution < 1.29 is 8.42 Å². The minimum Gasteiger partial charge on any atom is -0.275 e. The number of sulfonamides is 1. The second kappa shape index (κ2) is 5.95. The van der Waals surface area contributed by atoms with Crippen LogP contribution in [0.5, 0.6) is 0 Å². The molecule has 0 unspecified atom stereocenters. The standard InChI is InChI=1S/C13H16ClN3O2S/c1-16-9-12(8-15-16)10-17(2)20(18,19)13-5-3-11(7-14)4-6-13/h3-6,8-9H,7,10H2,1-2H3. The van der Waals surface area contributed by atoms with E-state index in [1.165, 1.54) is 4.31 Å². The van der Waals surface area contributed by atoms with E-state index in [1.54, 1.807) is 55.4 Å². The third-order valence-electron chi connectivity index (χ3n) is 2.95. The van der Waals surface area contributed by atoms with Crippen LogP contribution >= 0.6 is 11.6 Å². The van der Waals surface area contributed by atoms with E-state index < -0.39 is 10.0 Å². The fourth-order valence-electron chi connectivity index (χ4n) is 1.83. The molecule has 1 heterocycles. The number of nitrogens with zero attached hydrogens (tertiary/aromatic N) is 3. The summed E-state index contributed by atoms with van der Waals surface area (Å²) >= 11 is 5.70. The van der Waals surface area contributed by atoms with Crippen molar-refractivity contribution in [3.63, 3.8) is 0 Å². The van der Waals surface area contributed by atoms with Crippen LogP contribution in [0.1, 0.15) is 11.1 Å². The summed E-state index contributed by atoms with van der Waals surface area (Å²) in [7, 11) is -0.152. The highest BCUT2D eigenvalue weighted by Crippen LogP contribution is 2.17. The SMILES string of the molecule is CN(Cc1cnn(C)c1)S(=O)(=O)c1ccc(CCl)cc1. The van der Waals surface area contributed by atoms with Crippen molar-refractivity contribution in [2.45, 2.75) is 17.3 Å². The predicted molar refractivity (Wildman–Crippen MR) is 77.9 cm³/mol. The van der Waals surface area contributed by atoms with Gasteiger partial charge < -0.3 is 0 Å². The van der Waals surface area contributed by atoms with Crippen molar-refractivity contribution in [2.75, 3.05) is 7.05 Å². The second-order valence-electron chi connectivity index (χ2n) is 4.56. The third-order valence-corrected chi connectivity index (χ3v) is 5.08. The smallest absolute Gasteiger partial charge is 0.243 e. The molecule has 2 aromatic rings. The number of halogens is 1. The van der Waals surface area contributed by atoms with Crippen LogP contribution in [0.2, 0.25) is 0 Å². The van der Waals surface area contributed by atoms with Crippen molar-refractivity contribution in [2.24, 2.45) is 7.05 Å². The van der Waals surface area contributed by atoms with Crippen LogP contribution in [0.15, 0.2) is 41.6 Å². The van der Waals surface area contributed by atoms with Crippen LogP contribution in [0.4, 0.5) is 0 Å². The maximum atomic E-state index is 12.4. The largest absolute Gasteiger partial charge is 0.275 e. The molecule has 0 atom stereocenters. The molecule has 0 N–H and O–H groups in total. The van der Waals surface area contributed by atoms with Crippen molar-refractivity contribution in [1.29, 1.82) is 0 Å². The molecule has 0 aliphatic heterocycles. The van der Waals surface area contributed by atoms with Gasteiger partial charge in [-0.1, -0.05) is 12.1 Å². The Morgan fingerprint density at radius 2 is 1.90 bits per heavy atom. The predicted octanol–water partition coefficient (Wildman–Crippen LogP) is 1.98. The average Bonchev–Trinajstić information content (AvgIpc) is 2.84. The van der Waals surface area contributed by atoms with Gasteiger partial charge in [-0.3, -0.25) is 4.68 Å². The molecule has 108 valence electrons. The molecule has 2 rings (SSSR count). The Bertz CT molecular complexity index is 680. The topological polar surface area (TPSA) is 55.2 Å². The summed E-state index contributed by atoms with van der Waals surface area (Å²) < 4.78 is 27.8. The van der Waals surface area contributed by atoms with Gasteiger partial charge in [-0.05, 0) is 17.7 Å². The monoisotopic (exact) mass is 313 g/mol. The zero-order valence-electron chi connectivity index (χ0n) is 11.3. The Hall–Kier alpha value is -1.37. The van der Waals surface area contributed by atoms with Crippen LogP contribution in [0.25, 0.3) is 0 Å². The van der Waals surface area contributed by atoms with Gasteiger partial charge in [0, 0.05) is 38.3 Å². The summed E-state index contributed by atoms with van der Waals surface area (Å²) in [4.78, 5) is 0.262. The van der Waals surface area contributed by atoms with Crippen LogP contribution < -0.4 is 0 Å². The Labute approximate surface area is 123 Å². The lowest BCUT2D eigenvalue weighted by molar-refractivity contribution is 0.466. The summed E-state index contributed by atoms with van der Waals surface area (Å²) in [6, 6.07) is 6.59. The van der Waals surface area contributed by atoms with Crippen molar-refractivity contribution in [1.82, 2.24) is 14.1 Å². The first-order valence-corrected chi connectivity index (χ1v) is 7.99. The molecule has 0 radical (unpaired) electrons. The Morgan fingerprint density at radius 3 is 2.40 bits per heavy atom. The first-order valence-electron chi connectivity index (χ1n) is 6.02. The molecule has 7 heteroatoms. The van der Waals surface area contributed by atoms with Crippen LogP contribution in [0, 0.1) is 0 Å². The molecular formula is C13H16ClN3O2S. The lowest BCUT2D eigenvalue weighted by Crippen LogP contribution is -2.26. The fraction of sp³-hybridized carbons (Fsp3) is 0.308. The van der Waals surface area contributed by atoms with Crippen molar-refractivity contribution in [3.8, 4) is 0 Å². The van der Waals surface area contributed by atoms with E-state index in [9.17, 15) is 8.42 Å². The van der Waals surface area contributed by atoms with Gasteiger partial charge in [0.05, 0.1) is 11.1 Å². The molecule has 0 saturated heterocycles. The Kier molecular flexibility index (Phi) is 4.47. The number of alkyl halides is 1. The zero-order chi connectivity index (χ0) is 14.8. The lowest BCUT2D eigenvalue weighted by atomic mass is 10.2. The fourth-order valence-corrected chi connectivity index (χ4v) is 3.16. The summed E-state index contributed by atoms with van der Waals surface area (Å²) in [6.07, 6.45) is 3.45. The van der Waals surface area contributed by atoms with E-state index in [2.05, 4.69) is 5.10 Å². The zero-order valence-corrected chi connectivity index (χ0v) is 12.9. The summed E-state index contributed by atoms with van der Waals surface area (Å²) in [6.45, 7) is 0.285. The van der Waals surface area contributed by atoms with Gasteiger partial charge in [0.15, 0.2) is 0 Å². The lowest BCUT2D eigenvalue weighted by Gasteiger charge is -2.16. The Morgan fingerprint density at radius 1 is 1.25 bits per heavy atom. The van der Waals surface area contributed by atoms with E-state index in [0.717, 1.165) is 11.1 Å². The van der Waals surface area contributed by atoms with Gasteiger partial charge in [-0.15, -0.1) is 11.6 Å². The van der Waals surface area contributed by atoms with Gasteiger partial charge in [0.1, 0.15) is 0 Å². The molecule has 0 aliphatic carbocycles. The molecule has 0 bridgehead atoms. The minimum absolute atomic E-state index is 0.262. The van der Waals surface area contributed by atoms with E-state index in [1.807, 2.05) is 0 Å². The molecule has 0 amide bonds. The molecule has 5 nitrogen and oxygen atoms in total. The van der Waals surface area contributed by atoms with Crippen LogP contribution in [-0.2, 0) is 29.5 Å². The number of benzene rings is 1. The number of aryl methyl sites for hydroxylation is 1. The van der Waals surface area contributed by atoms with Gasteiger partial charge in [-0.25, -0.2) is 8.42 Å². The summed E-state index contributed by atoms with van der Waals surface area (Å²) in [5.74, 6) is 0.367. The van der Waals surface area contributed by atoms with E-state index >= 15 is 0 Å². The van der Waals surface area contributed by atoms with Gasteiger partial charge in [0.2, 0.25) is 10.0 Å². The first-order chi connectivity index (χ1) is 9.43. The molecule has 1 aromatic carbocycles. The van der Waals surface area contributed by atoms with Gasteiger partial charge in [0.25, 0.3) is 0 Å². The highest BCUT2D eigenvalue weighted by atomic mass is 35.5. The highest BCUT2D eigenvalue weighted by Gasteiger charge is 2.21. The van der Waals surface area contributed by atoms with Crippen LogP contribution in [-0.4, -0.2) is 29.6 Å². The highest BCUT2D eigenvalue weighted by molar-refractivity contribution is 7.89. The molecular weight excluding hydrogens is 298 g/mol. The normalized spacial score (nSPS) is 12.0. The molecule has 20 heavy (non-hydrogen) atoms. The third kappa shape index (κ3) is 3.20. The van der Waals surface area contributed by atoms with Gasteiger partial charge in [-0.2, -0.15) is 9.40 Å². The molecule has 0 saturated carbocycles. The number of aromatic nitrogens is 2. The average molecular weight is 314 g/mol. The second-order valence-corrected chi connectivity index (χ2v) is 6.87. The first kappa shape index (κ1) is 15.0. The van der Waals surface area contributed by atoms with Gasteiger partial charge >= 0.3 is 0 Å². The molecule has 0 aliphatic rings. The number of rotatable bonds is 5. The maximum absolute atomic E-state index is 12.4. The quantitative estimate of drug-likeness (QED) is 0.793. The van der Waals surface area contributed by atoms with E-state index in [-0.39, 0.29) is 11.4 Å². The summed E-state index contributed by atoms with van der Waals surface area (Å²) in [5.41, 5.74) is 1.73. The molecule has 0 fully saturated rings. The molecule has 1 aromatic heterocycles. The van der Waals surface area contributed by atoms with Crippen molar-refractivity contribution >= 4 is 21.6 Å².